The number of carboxylic acids is 2. The van der Waals surface area contributed by atoms with Crippen LogP contribution in [0.2, 0.25) is 0 Å². The number of thiophene rings is 1. The Kier molecular flexibility index (Phi) is 10.0. The zero-order valence-corrected chi connectivity index (χ0v) is 24.0. The molecule has 2 unspecified atom stereocenters. The van der Waals surface area contributed by atoms with Gasteiger partial charge in [0.2, 0.25) is 0 Å². The molecule has 2 atom stereocenters. The first-order valence-electron chi connectivity index (χ1n) is 13.0. The summed E-state index contributed by atoms with van der Waals surface area (Å²) in [6, 6.07) is 12.2. The van der Waals surface area contributed by atoms with Gasteiger partial charge in [0.15, 0.2) is 12.2 Å². The number of carboxylic acid groups (broad SMARTS) is 2. The number of aliphatic hydroxyl groups excluding tert-OH is 3. The van der Waals surface area contributed by atoms with Gasteiger partial charge in [-0.15, -0.1) is 11.3 Å². The van der Waals surface area contributed by atoms with E-state index in [4.69, 9.17) is 37.0 Å². The Morgan fingerprint density at radius 2 is 1.62 bits per heavy atom. The molecule has 0 aliphatic rings. The van der Waals surface area contributed by atoms with Crippen molar-refractivity contribution in [1.29, 1.82) is 0 Å². The monoisotopic (exact) mass is 638 g/mol. The number of amides is 2. The number of hydrogen-bond acceptors (Lipinski definition) is 10. The van der Waals surface area contributed by atoms with Crippen LogP contribution >= 0.6 is 11.3 Å². The number of nitrogens with two attached hydrogens (primary N) is 2. The predicted octanol–water partition coefficient (Wildman–Crippen LogP) is 2.63. The number of urea groups is 1. The fraction of sp³-hybridized carbons (Fsp3) is 0.138. The van der Waals surface area contributed by atoms with Crippen LogP contribution in [0.5, 0.6) is 0 Å². The number of nitrogens with zero attached hydrogens (tertiary/aromatic N) is 4. The molecule has 0 spiro atoms. The molecule has 0 saturated carbocycles. The molecule has 3 heterocycles. The van der Waals surface area contributed by atoms with Gasteiger partial charge in [-0.3, -0.25) is 9.58 Å². The van der Waals surface area contributed by atoms with Gasteiger partial charge >= 0.3 is 18.0 Å². The minimum Gasteiger partial charge on any atom is -0.479 e. The van der Waals surface area contributed by atoms with Gasteiger partial charge in [0.1, 0.15) is 11.6 Å². The van der Waals surface area contributed by atoms with Crippen LogP contribution in [0.25, 0.3) is 32.3 Å². The molecule has 5 rings (SSSR count). The Hall–Kier alpha value is -5.42. The Morgan fingerprint density at radius 3 is 2.20 bits per heavy atom. The Balaban J connectivity index is 0.000000399. The second kappa shape index (κ2) is 13.9. The van der Waals surface area contributed by atoms with Crippen LogP contribution in [-0.2, 0) is 16.1 Å². The largest absolute Gasteiger partial charge is 0.479 e. The van der Waals surface area contributed by atoms with E-state index in [0.717, 1.165) is 32.3 Å². The summed E-state index contributed by atoms with van der Waals surface area (Å²) in [5, 5.41) is 48.8. The summed E-state index contributed by atoms with van der Waals surface area (Å²) in [4.78, 5) is 37.3. The van der Waals surface area contributed by atoms with Crippen LogP contribution in [0.4, 0.5) is 26.4 Å². The summed E-state index contributed by atoms with van der Waals surface area (Å²) in [6.07, 6.45) is 0.795. The van der Waals surface area contributed by atoms with Crippen molar-refractivity contribution in [3.63, 3.8) is 0 Å². The SMILES string of the molecule is NC(=O)N(c1ccc(-c2csc3c(-c4cnn(CCO)c4)cnc(N)c23)cc1)c1cccc(F)c1.O=C(O)C(O)C(O)C(=O)O. The molecule has 234 valence electrons. The van der Waals surface area contributed by atoms with Crippen molar-refractivity contribution in [2.45, 2.75) is 18.8 Å². The lowest BCUT2D eigenvalue weighted by atomic mass is 10.0. The van der Waals surface area contributed by atoms with Crippen molar-refractivity contribution >= 4 is 56.6 Å². The van der Waals surface area contributed by atoms with Crippen LogP contribution in [0.3, 0.4) is 0 Å². The van der Waals surface area contributed by atoms with Crippen molar-refractivity contribution in [2.75, 3.05) is 17.2 Å². The Bertz CT molecular complexity index is 1830. The van der Waals surface area contributed by atoms with E-state index in [1.54, 1.807) is 46.6 Å². The minimum absolute atomic E-state index is 0.00204. The summed E-state index contributed by atoms with van der Waals surface area (Å²) in [5.74, 6) is -3.59. The minimum atomic E-state index is -2.27. The fourth-order valence-corrected chi connectivity index (χ4v) is 5.41. The normalized spacial score (nSPS) is 12.2. The maximum atomic E-state index is 13.7. The molecule has 0 fully saturated rings. The quantitative estimate of drug-likeness (QED) is 0.124. The lowest BCUT2D eigenvalue weighted by Crippen LogP contribution is -2.39. The van der Waals surface area contributed by atoms with Gasteiger partial charge in [0.05, 0.1) is 30.7 Å². The number of carbonyl (C=O) groups is 3. The number of rotatable bonds is 9. The van der Waals surface area contributed by atoms with Gasteiger partial charge in [-0.05, 0) is 41.3 Å². The zero-order valence-electron chi connectivity index (χ0n) is 23.2. The molecule has 2 aromatic carbocycles. The highest BCUT2D eigenvalue weighted by atomic mass is 32.1. The summed E-state index contributed by atoms with van der Waals surface area (Å²) in [7, 11) is 0. The number of hydrogen-bond donors (Lipinski definition) is 7. The highest BCUT2D eigenvalue weighted by molar-refractivity contribution is 7.18. The number of aliphatic hydroxyl groups is 3. The van der Waals surface area contributed by atoms with E-state index in [1.165, 1.54) is 23.1 Å². The van der Waals surface area contributed by atoms with Crippen LogP contribution in [0, 0.1) is 5.82 Å². The van der Waals surface area contributed by atoms with E-state index in [1.807, 2.05) is 23.7 Å². The maximum Gasteiger partial charge on any atom is 0.335 e. The molecule has 16 heteroatoms. The van der Waals surface area contributed by atoms with E-state index < -0.39 is 36.0 Å². The van der Waals surface area contributed by atoms with Gasteiger partial charge in [0.25, 0.3) is 0 Å². The number of pyridine rings is 1. The predicted molar refractivity (Wildman–Crippen MR) is 163 cm³/mol. The Morgan fingerprint density at radius 1 is 0.956 bits per heavy atom. The van der Waals surface area contributed by atoms with Crippen molar-refractivity contribution in [1.82, 2.24) is 14.8 Å². The van der Waals surface area contributed by atoms with E-state index in [0.29, 0.717) is 23.7 Å². The number of halogens is 1. The molecule has 0 aliphatic heterocycles. The van der Waals surface area contributed by atoms with E-state index in [2.05, 4.69) is 10.1 Å². The van der Waals surface area contributed by atoms with E-state index >= 15 is 0 Å². The summed E-state index contributed by atoms with van der Waals surface area (Å²) < 4.78 is 16.4. The van der Waals surface area contributed by atoms with Crippen molar-refractivity contribution in [3.05, 3.63) is 78.3 Å². The zero-order chi connectivity index (χ0) is 32.8. The molecule has 0 bridgehead atoms. The average molecular weight is 639 g/mol. The van der Waals surface area contributed by atoms with Crippen LogP contribution in [0.1, 0.15) is 0 Å². The summed E-state index contributed by atoms with van der Waals surface area (Å²) in [5.41, 5.74) is 16.3. The molecular weight excluding hydrogens is 611 g/mol. The van der Waals surface area contributed by atoms with Crippen molar-refractivity contribution < 1.29 is 44.3 Å². The van der Waals surface area contributed by atoms with Gasteiger partial charge in [-0.2, -0.15) is 5.10 Å². The number of carbonyl (C=O) groups excluding carboxylic acids is 1. The number of anilines is 3. The second-order valence-electron chi connectivity index (χ2n) is 9.39. The van der Waals surface area contributed by atoms with Crippen molar-refractivity contribution in [3.8, 4) is 22.3 Å². The second-order valence-corrected chi connectivity index (χ2v) is 10.3. The first kappa shape index (κ1) is 32.5. The van der Waals surface area contributed by atoms with Gasteiger partial charge in [-0.1, -0.05) is 18.2 Å². The standard InChI is InChI=1S/C25H21FN6O2S.C4H6O6/c26-17-2-1-3-19(10-17)32(25(28)34)18-6-4-15(5-7-18)21-14-35-23-20(12-29-24(27)22(21)23)16-11-30-31(13-16)8-9-33;5-1(3(7)8)2(6)4(9)10/h1-7,10-14,33H,8-9H2,(H2,27,29)(H2,28,34);1-2,5-6H,(H,7,8)(H,9,10). The molecule has 2 amide bonds. The third kappa shape index (κ3) is 7.22. The van der Waals surface area contributed by atoms with Crippen LogP contribution < -0.4 is 16.4 Å². The first-order chi connectivity index (χ1) is 21.4. The van der Waals surface area contributed by atoms with Gasteiger partial charge < -0.3 is 37.0 Å². The summed E-state index contributed by atoms with van der Waals surface area (Å²) >= 11 is 1.55. The van der Waals surface area contributed by atoms with Gasteiger partial charge in [0, 0.05) is 39.2 Å². The van der Waals surface area contributed by atoms with Crippen LogP contribution in [0.15, 0.2) is 72.5 Å². The number of aliphatic carboxylic acids is 2. The molecule has 9 N–H and O–H groups in total. The highest BCUT2D eigenvalue weighted by Crippen LogP contribution is 2.42. The average Bonchev–Trinajstić information content (AvgIpc) is 3.66. The van der Waals surface area contributed by atoms with E-state index in [-0.39, 0.29) is 6.61 Å². The fourth-order valence-electron chi connectivity index (χ4n) is 4.29. The lowest BCUT2D eigenvalue weighted by Gasteiger charge is -2.21. The number of nitrogen functional groups attached to an aromatic ring is 1. The summed E-state index contributed by atoms with van der Waals surface area (Å²) in [6.45, 7) is 0.410. The van der Waals surface area contributed by atoms with Crippen molar-refractivity contribution in [2.24, 2.45) is 5.73 Å². The Labute approximate surface area is 257 Å². The number of aromatic nitrogens is 3. The number of primary amides is 1. The number of benzene rings is 2. The number of fused-ring (bicyclic) bond motifs is 1. The molecule has 0 aliphatic carbocycles. The maximum absolute atomic E-state index is 13.7. The molecule has 0 saturated heterocycles. The third-order valence-corrected chi connectivity index (χ3v) is 7.44. The molecule has 3 aromatic heterocycles. The molecule has 45 heavy (non-hydrogen) atoms. The molecular formula is C29H27FN6O8S. The highest BCUT2D eigenvalue weighted by Gasteiger charge is 2.29. The third-order valence-electron chi connectivity index (χ3n) is 6.43. The molecule has 5 aromatic rings. The smallest absolute Gasteiger partial charge is 0.335 e. The lowest BCUT2D eigenvalue weighted by molar-refractivity contribution is -0.165. The first-order valence-corrected chi connectivity index (χ1v) is 13.9. The molecule has 0 radical (unpaired) electrons. The topological polar surface area (TPSA) is 238 Å². The van der Waals surface area contributed by atoms with Gasteiger partial charge in [-0.25, -0.2) is 23.8 Å². The van der Waals surface area contributed by atoms with Crippen LogP contribution in [-0.4, -0.2) is 77.1 Å². The molecule has 14 nitrogen and oxygen atoms in total. The van der Waals surface area contributed by atoms with E-state index in [9.17, 15) is 18.8 Å².